The number of amides is 1. The van der Waals surface area contributed by atoms with Crippen LogP contribution in [0.1, 0.15) is 51.0 Å². The summed E-state index contributed by atoms with van der Waals surface area (Å²) in [7, 11) is 0. The molecule has 4 N–H and O–H groups in total. The van der Waals surface area contributed by atoms with Crippen LogP contribution in [0.4, 0.5) is 17.1 Å². The number of anilines is 3. The zero-order valence-electron chi connectivity index (χ0n) is 12.8. The molecule has 0 bridgehead atoms. The number of nitrogens with one attached hydrogen (secondary N) is 2. The minimum atomic E-state index is 0.0809. The predicted octanol–water partition coefficient (Wildman–Crippen LogP) is 3.54. The number of hydrogen-bond donors (Lipinski definition) is 3. The van der Waals surface area contributed by atoms with Crippen molar-refractivity contribution >= 4 is 23.0 Å². The first-order valence-electron chi connectivity index (χ1n) is 8.02. The lowest BCUT2D eigenvalue weighted by Crippen LogP contribution is -2.29. The van der Waals surface area contributed by atoms with Crippen molar-refractivity contribution in [3.63, 3.8) is 0 Å². The molecular weight excluding hydrogens is 262 g/mol. The monoisotopic (exact) mass is 287 g/mol. The average molecular weight is 287 g/mol. The van der Waals surface area contributed by atoms with Crippen molar-refractivity contribution in [2.75, 3.05) is 22.9 Å². The molecule has 2 aliphatic rings. The van der Waals surface area contributed by atoms with Crippen molar-refractivity contribution in [2.24, 2.45) is 5.41 Å². The molecule has 4 heteroatoms. The van der Waals surface area contributed by atoms with Gasteiger partial charge >= 0.3 is 0 Å². The summed E-state index contributed by atoms with van der Waals surface area (Å²) >= 11 is 0. The van der Waals surface area contributed by atoms with Gasteiger partial charge in [-0.2, -0.15) is 0 Å². The van der Waals surface area contributed by atoms with Crippen LogP contribution in [0.5, 0.6) is 0 Å². The molecule has 3 rings (SSSR count). The summed E-state index contributed by atoms with van der Waals surface area (Å²) in [6.07, 6.45) is 7.99. The Balaban J connectivity index is 1.72. The zero-order valence-corrected chi connectivity index (χ0v) is 12.8. The summed E-state index contributed by atoms with van der Waals surface area (Å²) in [6.45, 7) is 3.34. The molecule has 1 heterocycles. The summed E-state index contributed by atoms with van der Waals surface area (Å²) in [5, 5.41) is 6.44. The quantitative estimate of drug-likeness (QED) is 0.745. The van der Waals surface area contributed by atoms with Crippen molar-refractivity contribution in [2.45, 2.75) is 51.9 Å². The number of rotatable bonds is 3. The number of aryl methyl sites for hydroxylation is 1. The van der Waals surface area contributed by atoms with Gasteiger partial charge in [-0.3, -0.25) is 4.79 Å². The molecule has 0 saturated heterocycles. The molecular formula is C17H25N3O. The first-order chi connectivity index (χ1) is 10.1. The topological polar surface area (TPSA) is 67.2 Å². The van der Waals surface area contributed by atoms with Gasteiger partial charge in [-0.1, -0.05) is 26.2 Å². The Labute approximate surface area is 126 Å². The molecule has 1 aliphatic carbocycles. The van der Waals surface area contributed by atoms with E-state index in [1.807, 2.05) is 6.07 Å². The van der Waals surface area contributed by atoms with E-state index < -0.39 is 0 Å². The van der Waals surface area contributed by atoms with E-state index in [4.69, 9.17) is 5.73 Å². The summed E-state index contributed by atoms with van der Waals surface area (Å²) in [6, 6.07) is 3.99. The largest absolute Gasteiger partial charge is 0.397 e. The standard InChI is InChI=1S/C17H25N3O/c1-17(7-3-2-4-8-17)11-19-15-9-12-5-6-16(21)20-14(12)10-13(15)18/h9-10,19H,2-8,11,18H2,1H3,(H,20,21). The maximum absolute atomic E-state index is 11.4. The highest BCUT2D eigenvalue weighted by atomic mass is 16.1. The van der Waals surface area contributed by atoms with Crippen LogP contribution in [-0.4, -0.2) is 12.5 Å². The number of fused-ring (bicyclic) bond motifs is 1. The van der Waals surface area contributed by atoms with Gasteiger partial charge in [-0.05, 0) is 42.4 Å². The molecule has 0 atom stereocenters. The van der Waals surface area contributed by atoms with E-state index in [1.54, 1.807) is 0 Å². The Morgan fingerprint density at radius 1 is 1.24 bits per heavy atom. The van der Waals surface area contributed by atoms with Gasteiger partial charge in [-0.25, -0.2) is 0 Å². The van der Waals surface area contributed by atoms with Crippen LogP contribution in [0.2, 0.25) is 0 Å². The van der Waals surface area contributed by atoms with Gasteiger partial charge in [0.1, 0.15) is 0 Å². The number of hydrogen-bond acceptors (Lipinski definition) is 3. The highest BCUT2D eigenvalue weighted by Crippen LogP contribution is 2.37. The molecule has 0 aromatic heterocycles. The van der Waals surface area contributed by atoms with Gasteiger partial charge in [0.15, 0.2) is 0 Å². The van der Waals surface area contributed by atoms with Gasteiger partial charge in [-0.15, -0.1) is 0 Å². The molecule has 4 nitrogen and oxygen atoms in total. The van der Waals surface area contributed by atoms with Crippen molar-refractivity contribution in [1.29, 1.82) is 0 Å². The molecule has 21 heavy (non-hydrogen) atoms. The highest BCUT2D eigenvalue weighted by molar-refractivity contribution is 5.95. The Kier molecular flexibility index (Phi) is 3.79. The number of nitrogen functional groups attached to an aromatic ring is 1. The first-order valence-corrected chi connectivity index (χ1v) is 8.02. The Bertz CT molecular complexity index is 547. The van der Waals surface area contributed by atoms with Crippen LogP contribution in [0.25, 0.3) is 0 Å². The second-order valence-electron chi connectivity index (χ2n) is 6.87. The summed E-state index contributed by atoms with van der Waals surface area (Å²) in [5.74, 6) is 0.0809. The summed E-state index contributed by atoms with van der Waals surface area (Å²) < 4.78 is 0. The Hall–Kier alpha value is -1.71. The van der Waals surface area contributed by atoms with Crippen molar-refractivity contribution in [3.8, 4) is 0 Å². The normalized spacial score (nSPS) is 20.5. The summed E-state index contributed by atoms with van der Waals surface area (Å²) in [4.78, 5) is 11.4. The molecule has 114 valence electrons. The van der Waals surface area contributed by atoms with E-state index in [0.29, 0.717) is 11.8 Å². The number of carbonyl (C=O) groups excluding carboxylic acids is 1. The lowest BCUT2D eigenvalue weighted by Gasteiger charge is -2.34. The molecule has 1 saturated carbocycles. The van der Waals surface area contributed by atoms with E-state index in [0.717, 1.165) is 30.0 Å². The molecule has 1 fully saturated rings. The maximum Gasteiger partial charge on any atom is 0.224 e. The fourth-order valence-electron chi connectivity index (χ4n) is 3.49. The lowest BCUT2D eigenvalue weighted by atomic mass is 9.75. The smallest absolute Gasteiger partial charge is 0.224 e. The zero-order chi connectivity index (χ0) is 14.9. The van der Waals surface area contributed by atoms with Crippen LogP contribution < -0.4 is 16.4 Å². The average Bonchev–Trinajstić information content (AvgIpc) is 2.46. The molecule has 1 aromatic rings. The molecule has 0 radical (unpaired) electrons. The van der Waals surface area contributed by atoms with E-state index >= 15 is 0 Å². The molecule has 1 aliphatic heterocycles. The fourth-order valence-corrected chi connectivity index (χ4v) is 3.49. The van der Waals surface area contributed by atoms with Gasteiger partial charge in [0.05, 0.1) is 11.4 Å². The van der Waals surface area contributed by atoms with Crippen LogP contribution in [-0.2, 0) is 11.2 Å². The first kappa shape index (κ1) is 14.2. The van der Waals surface area contributed by atoms with E-state index in [2.05, 4.69) is 23.6 Å². The molecule has 0 unspecified atom stereocenters. The van der Waals surface area contributed by atoms with Gasteiger partial charge < -0.3 is 16.4 Å². The van der Waals surface area contributed by atoms with Crippen molar-refractivity contribution in [3.05, 3.63) is 17.7 Å². The third-order valence-electron chi connectivity index (χ3n) is 4.94. The maximum atomic E-state index is 11.4. The third kappa shape index (κ3) is 3.14. The van der Waals surface area contributed by atoms with Gasteiger partial charge in [0.2, 0.25) is 5.91 Å². The SMILES string of the molecule is CC1(CNc2cc3c(cc2N)NC(=O)CC3)CCCCC1. The van der Waals surface area contributed by atoms with Crippen LogP contribution in [0.15, 0.2) is 12.1 Å². The van der Waals surface area contributed by atoms with Crippen LogP contribution in [0, 0.1) is 5.41 Å². The third-order valence-corrected chi connectivity index (χ3v) is 4.94. The molecule has 1 amide bonds. The minimum Gasteiger partial charge on any atom is -0.397 e. The second-order valence-corrected chi connectivity index (χ2v) is 6.87. The van der Waals surface area contributed by atoms with E-state index in [1.165, 1.54) is 37.7 Å². The molecule has 0 spiro atoms. The van der Waals surface area contributed by atoms with Crippen molar-refractivity contribution < 1.29 is 4.79 Å². The number of carbonyl (C=O) groups is 1. The van der Waals surface area contributed by atoms with Crippen LogP contribution >= 0.6 is 0 Å². The Morgan fingerprint density at radius 3 is 2.76 bits per heavy atom. The second kappa shape index (κ2) is 5.58. The number of benzene rings is 1. The van der Waals surface area contributed by atoms with Gasteiger partial charge in [0.25, 0.3) is 0 Å². The van der Waals surface area contributed by atoms with E-state index in [-0.39, 0.29) is 5.91 Å². The number of nitrogens with two attached hydrogens (primary N) is 1. The van der Waals surface area contributed by atoms with Crippen molar-refractivity contribution in [1.82, 2.24) is 0 Å². The highest BCUT2D eigenvalue weighted by Gasteiger charge is 2.26. The van der Waals surface area contributed by atoms with E-state index in [9.17, 15) is 4.79 Å². The van der Waals surface area contributed by atoms with Gasteiger partial charge in [0, 0.05) is 18.7 Å². The summed E-state index contributed by atoms with van der Waals surface area (Å²) in [5.41, 5.74) is 10.3. The Morgan fingerprint density at radius 2 is 2.00 bits per heavy atom. The molecule has 1 aromatic carbocycles. The van der Waals surface area contributed by atoms with Crippen LogP contribution in [0.3, 0.4) is 0 Å². The predicted molar refractivity (Wildman–Crippen MR) is 87.5 cm³/mol. The fraction of sp³-hybridized carbons (Fsp3) is 0.588. The lowest BCUT2D eigenvalue weighted by molar-refractivity contribution is -0.116. The minimum absolute atomic E-state index is 0.0809.